The van der Waals surface area contributed by atoms with Gasteiger partial charge in [0.1, 0.15) is 17.3 Å². The van der Waals surface area contributed by atoms with E-state index in [2.05, 4.69) is 26.5 Å². The smallest absolute Gasteiger partial charge is 0.277 e. The number of amides is 1. The van der Waals surface area contributed by atoms with Crippen molar-refractivity contribution in [2.24, 2.45) is 5.10 Å². The number of nitro benzene ring substituents is 1. The number of hydrogen-bond acceptors (Lipinski definition) is 6. The summed E-state index contributed by atoms with van der Waals surface area (Å²) in [6, 6.07) is 13.3. The molecule has 0 aliphatic carbocycles. The van der Waals surface area contributed by atoms with Crippen LogP contribution in [0.4, 0.5) is 5.69 Å². The van der Waals surface area contributed by atoms with E-state index in [9.17, 15) is 14.9 Å². The summed E-state index contributed by atoms with van der Waals surface area (Å²) in [5.74, 6) is 1.01. The number of benzene rings is 2. The number of aryl methyl sites for hydroxylation is 2. The molecule has 0 spiro atoms. The summed E-state index contributed by atoms with van der Waals surface area (Å²) >= 11 is 3.43. The fourth-order valence-electron chi connectivity index (χ4n) is 2.77. The minimum absolute atomic E-state index is 0.0261. The second-order valence-electron chi connectivity index (χ2n) is 6.48. The summed E-state index contributed by atoms with van der Waals surface area (Å²) < 4.78 is 11.9. The lowest BCUT2D eigenvalue weighted by atomic mass is 10.1. The minimum Gasteiger partial charge on any atom is -0.482 e. The Morgan fingerprint density at radius 2 is 2.07 bits per heavy atom. The number of nitro groups is 1. The van der Waals surface area contributed by atoms with Gasteiger partial charge in [0.2, 0.25) is 0 Å². The van der Waals surface area contributed by atoms with E-state index in [0.29, 0.717) is 22.8 Å². The first-order valence-electron chi connectivity index (χ1n) is 8.89. The predicted molar refractivity (Wildman–Crippen MR) is 116 cm³/mol. The van der Waals surface area contributed by atoms with E-state index in [1.807, 2.05) is 26.0 Å². The molecule has 0 aliphatic heterocycles. The van der Waals surface area contributed by atoms with Crippen LogP contribution in [0.2, 0.25) is 0 Å². The molecule has 8 nitrogen and oxygen atoms in total. The van der Waals surface area contributed by atoms with Crippen molar-refractivity contribution < 1.29 is 18.9 Å². The van der Waals surface area contributed by atoms with Gasteiger partial charge in [0, 0.05) is 17.7 Å². The van der Waals surface area contributed by atoms with Gasteiger partial charge in [0.15, 0.2) is 6.61 Å². The molecular formula is C21H18BrN3O5. The van der Waals surface area contributed by atoms with E-state index in [1.54, 1.807) is 24.3 Å². The molecule has 1 aromatic heterocycles. The lowest BCUT2D eigenvalue weighted by Gasteiger charge is -2.11. The Labute approximate surface area is 180 Å². The zero-order valence-corrected chi connectivity index (χ0v) is 17.8. The number of hydrazone groups is 1. The summed E-state index contributed by atoms with van der Waals surface area (Å²) in [7, 11) is 0. The van der Waals surface area contributed by atoms with E-state index < -0.39 is 10.8 Å². The van der Waals surface area contributed by atoms with Crippen LogP contribution < -0.4 is 10.2 Å². The molecule has 3 rings (SSSR count). The summed E-state index contributed by atoms with van der Waals surface area (Å²) in [6.07, 6.45) is 1.34. The van der Waals surface area contributed by atoms with Crippen LogP contribution in [0.25, 0.3) is 11.3 Å². The lowest BCUT2D eigenvalue weighted by Crippen LogP contribution is -2.24. The third-order valence-electron chi connectivity index (χ3n) is 4.07. The van der Waals surface area contributed by atoms with E-state index in [0.717, 1.165) is 15.6 Å². The van der Waals surface area contributed by atoms with Gasteiger partial charge in [0.25, 0.3) is 11.6 Å². The second kappa shape index (κ2) is 9.36. The molecule has 1 heterocycles. The van der Waals surface area contributed by atoms with Gasteiger partial charge in [-0.05, 0) is 59.1 Å². The zero-order valence-electron chi connectivity index (χ0n) is 16.2. The van der Waals surface area contributed by atoms with Crippen LogP contribution in [-0.4, -0.2) is 23.7 Å². The number of hydrogen-bond donors (Lipinski definition) is 1. The Bertz CT molecular complexity index is 1100. The fraction of sp³-hybridized carbons (Fsp3) is 0.143. The molecule has 2 aromatic carbocycles. The van der Waals surface area contributed by atoms with Gasteiger partial charge >= 0.3 is 0 Å². The largest absolute Gasteiger partial charge is 0.482 e. The van der Waals surface area contributed by atoms with Crippen LogP contribution in [0.1, 0.15) is 16.9 Å². The number of carbonyl (C=O) groups excluding carboxylic acids is 1. The van der Waals surface area contributed by atoms with Crippen molar-refractivity contribution in [3.05, 3.63) is 80.0 Å². The number of nitrogens with zero attached hydrogens (tertiary/aromatic N) is 2. The summed E-state index contributed by atoms with van der Waals surface area (Å²) in [5, 5.41) is 14.7. The molecule has 0 aliphatic rings. The van der Waals surface area contributed by atoms with Gasteiger partial charge < -0.3 is 9.15 Å². The van der Waals surface area contributed by atoms with Crippen LogP contribution in [0, 0.1) is 24.0 Å². The number of ether oxygens (including phenoxy) is 1. The van der Waals surface area contributed by atoms with E-state index >= 15 is 0 Å². The average molecular weight is 472 g/mol. The normalized spacial score (nSPS) is 10.9. The Hall–Kier alpha value is -3.46. The Morgan fingerprint density at radius 3 is 2.80 bits per heavy atom. The van der Waals surface area contributed by atoms with Crippen LogP contribution in [0.15, 0.2) is 62.5 Å². The molecule has 0 saturated heterocycles. The number of furan rings is 1. The first kappa shape index (κ1) is 21.3. The first-order valence-corrected chi connectivity index (χ1v) is 9.69. The third kappa shape index (κ3) is 5.32. The van der Waals surface area contributed by atoms with Crippen molar-refractivity contribution in [3.63, 3.8) is 0 Å². The molecule has 9 heteroatoms. The maximum atomic E-state index is 12.0. The van der Waals surface area contributed by atoms with E-state index in [4.69, 9.17) is 9.15 Å². The summed E-state index contributed by atoms with van der Waals surface area (Å²) in [6.45, 7) is 3.68. The first-order chi connectivity index (χ1) is 14.3. The SMILES string of the molecule is Cc1cc(C)c(OCC(=O)N/N=C/c2ccc(-c3cccc([N+](=O)[O-])c3)o2)c(Br)c1. The predicted octanol–water partition coefficient (Wildman–Crippen LogP) is 4.76. The van der Waals surface area contributed by atoms with Gasteiger partial charge in [-0.1, -0.05) is 18.2 Å². The molecule has 0 radical (unpaired) electrons. The van der Waals surface area contributed by atoms with Crippen molar-refractivity contribution in [1.29, 1.82) is 0 Å². The highest BCUT2D eigenvalue weighted by molar-refractivity contribution is 9.10. The molecule has 154 valence electrons. The number of carbonyl (C=O) groups is 1. The standard InChI is InChI=1S/C21H18BrN3O5/c1-13-8-14(2)21(18(22)9-13)29-12-20(26)24-23-11-17-6-7-19(30-17)15-4-3-5-16(10-15)25(27)28/h3-11H,12H2,1-2H3,(H,24,26)/b23-11+. The minimum atomic E-state index is -0.469. The maximum Gasteiger partial charge on any atom is 0.277 e. The number of halogens is 1. The molecule has 0 unspecified atom stereocenters. The topological polar surface area (TPSA) is 107 Å². The van der Waals surface area contributed by atoms with Crippen molar-refractivity contribution in [2.75, 3.05) is 6.61 Å². The van der Waals surface area contributed by atoms with Crippen molar-refractivity contribution in [3.8, 4) is 17.1 Å². The average Bonchev–Trinajstić information content (AvgIpc) is 3.16. The van der Waals surface area contributed by atoms with Crippen molar-refractivity contribution in [2.45, 2.75) is 13.8 Å². The van der Waals surface area contributed by atoms with Crippen molar-refractivity contribution in [1.82, 2.24) is 5.43 Å². The summed E-state index contributed by atoms with van der Waals surface area (Å²) in [5.41, 5.74) is 4.92. The molecule has 3 aromatic rings. The zero-order chi connectivity index (χ0) is 21.7. The molecule has 0 atom stereocenters. The molecule has 1 N–H and O–H groups in total. The Balaban J connectivity index is 1.57. The molecule has 0 fully saturated rings. The highest BCUT2D eigenvalue weighted by Crippen LogP contribution is 2.30. The fourth-order valence-corrected chi connectivity index (χ4v) is 3.56. The molecule has 0 bridgehead atoms. The quantitative estimate of drug-likeness (QED) is 0.303. The van der Waals surface area contributed by atoms with E-state index in [-0.39, 0.29) is 12.3 Å². The molecule has 30 heavy (non-hydrogen) atoms. The molecular weight excluding hydrogens is 454 g/mol. The van der Waals surface area contributed by atoms with Gasteiger partial charge in [-0.15, -0.1) is 0 Å². The Morgan fingerprint density at radius 1 is 1.27 bits per heavy atom. The van der Waals surface area contributed by atoms with E-state index in [1.165, 1.54) is 18.3 Å². The monoisotopic (exact) mass is 471 g/mol. The molecule has 0 saturated carbocycles. The van der Waals surface area contributed by atoms with Crippen LogP contribution in [0.3, 0.4) is 0 Å². The maximum absolute atomic E-state index is 12.0. The number of rotatable bonds is 7. The Kier molecular flexibility index (Phi) is 6.63. The van der Waals surface area contributed by atoms with Gasteiger partial charge in [-0.25, -0.2) is 5.43 Å². The van der Waals surface area contributed by atoms with Crippen LogP contribution >= 0.6 is 15.9 Å². The summed E-state index contributed by atoms with van der Waals surface area (Å²) in [4.78, 5) is 22.4. The number of non-ortho nitro benzene ring substituents is 1. The molecule has 1 amide bonds. The van der Waals surface area contributed by atoms with Gasteiger partial charge in [-0.2, -0.15) is 5.10 Å². The van der Waals surface area contributed by atoms with Gasteiger partial charge in [0.05, 0.1) is 15.6 Å². The van der Waals surface area contributed by atoms with Crippen LogP contribution in [-0.2, 0) is 4.79 Å². The third-order valence-corrected chi connectivity index (χ3v) is 4.66. The van der Waals surface area contributed by atoms with Gasteiger partial charge in [-0.3, -0.25) is 14.9 Å². The van der Waals surface area contributed by atoms with Crippen LogP contribution in [0.5, 0.6) is 5.75 Å². The lowest BCUT2D eigenvalue weighted by molar-refractivity contribution is -0.384. The highest BCUT2D eigenvalue weighted by Gasteiger charge is 2.11. The highest BCUT2D eigenvalue weighted by atomic mass is 79.9. The van der Waals surface area contributed by atoms with Crippen molar-refractivity contribution >= 4 is 33.7 Å². The number of nitrogens with one attached hydrogen (secondary N) is 1. The second-order valence-corrected chi connectivity index (χ2v) is 7.34.